The zero-order valence-electron chi connectivity index (χ0n) is 84.5. The summed E-state index contributed by atoms with van der Waals surface area (Å²) in [5.41, 5.74) is 6.78. The number of benzene rings is 4. The molecule has 13 N–H and O–H groups in total. The molecule has 4 aliphatic rings. The number of carboxylic acids is 1. The Balaban J connectivity index is 0.000000232. The lowest BCUT2D eigenvalue weighted by molar-refractivity contribution is -0.0297. The highest BCUT2D eigenvalue weighted by molar-refractivity contribution is 7.99. The van der Waals surface area contributed by atoms with E-state index in [-0.39, 0.29) is 141 Å². The lowest BCUT2D eigenvalue weighted by atomic mass is 9.79. The number of nitrogens with two attached hydrogens (primary N) is 1. The fourth-order valence-corrected chi connectivity index (χ4v) is 20.1. The summed E-state index contributed by atoms with van der Waals surface area (Å²) in [4.78, 5) is 132. The van der Waals surface area contributed by atoms with Crippen LogP contribution < -0.4 is 58.9 Å². The molecule has 0 aliphatic carbocycles. The van der Waals surface area contributed by atoms with Gasteiger partial charge in [-0.15, -0.1) is 71.2 Å². The maximum atomic E-state index is 15.1. The minimum Gasteiger partial charge on any atom is -0.478 e. The van der Waals surface area contributed by atoms with Gasteiger partial charge in [-0.05, 0) is 125 Å². The molecule has 13 aromatic rings. The van der Waals surface area contributed by atoms with Crippen molar-refractivity contribution in [2.24, 2.45) is 46.2 Å². The van der Waals surface area contributed by atoms with Crippen LogP contribution >= 0.6 is 171 Å². The number of ether oxygens (including phenoxy) is 2. The predicted molar refractivity (Wildman–Crippen MR) is 622 cm³/mol. The van der Waals surface area contributed by atoms with Gasteiger partial charge < -0.3 is 88.2 Å². The highest BCUT2D eigenvalue weighted by Crippen LogP contribution is 2.43. The van der Waals surface area contributed by atoms with Gasteiger partial charge in [-0.25, -0.2) is 102 Å². The topological polar surface area (TPSA) is 461 Å². The fraction of sp³-hybridized carbons (Fsp3) is 0.442. The van der Waals surface area contributed by atoms with Crippen molar-refractivity contribution >= 4 is 292 Å². The molecule has 5 atom stereocenters. The highest BCUT2D eigenvalue weighted by atomic mass is 35.5. The molecular weight excluding hydrogens is 2190 g/mol. The lowest BCUT2D eigenvalue weighted by Crippen LogP contribution is -2.60. The number of esters is 1. The zero-order chi connectivity index (χ0) is 103. The molecule has 149 heavy (non-hydrogen) atoms. The van der Waals surface area contributed by atoms with Crippen molar-refractivity contribution in [3.8, 4) is 0 Å². The van der Waals surface area contributed by atoms with Gasteiger partial charge in [-0.2, -0.15) is 54.0 Å². The zero-order valence-corrected chi connectivity index (χ0v) is 96.7. The van der Waals surface area contributed by atoms with Gasteiger partial charge in [0.25, 0.3) is 11.8 Å². The number of nitrogens with zero attached hydrogens (tertiary/aromatic N) is 17. The Morgan fingerprint density at radius 3 is 0.926 bits per heavy atom. The van der Waals surface area contributed by atoms with E-state index in [1.54, 1.807) is 135 Å². The first-order valence-corrected chi connectivity index (χ1v) is 55.6. The predicted octanol–water partition coefficient (Wildman–Crippen LogP) is 18.5. The maximum absolute atomic E-state index is 15.1. The number of carboxylic acid groups (broad SMARTS) is 1. The van der Waals surface area contributed by atoms with E-state index in [9.17, 15) is 37.1 Å². The molecule has 4 aliphatic heterocycles. The largest absolute Gasteiger partial charge is 0.478 e. The number of amides is 3. The number of carbonyl (C=O) groups is 5. The summed E-state index contributed by atoms with van der Waals surface area (Å²) in [6.07, 6.45) is 29.3. The Bertz CT molecular complexity index is 6520. The first kappa shape index (κ1) is 124. The molecule has 36 nitrogen and oxygen atoms in total. The van der Waals surface area contributed by atoms with Gasteiger partial charge >= 0.3 is 18.0 Å². The molecular formula is C95H127ClF4N28O8S13. The van der Waals surface area contributed by atoms with E-state index in [4.69, 9.17) is 15.6 Å². The van der Waals surface area contributed by atoms with Gasteiger partial charge in [0.1, 0.15) is 28.9 Å². The number of thiazole rings is 4. The van der Waals surface area contributed by atoms with Crippen molar-refractivity contribution in [1.29, 1.82) is 0 Å². The number of likely N-dealkylation sites (tertiary alicyclic amines) is 3. The van der Waals surface area contributed by atoms with Gasteiger partial charge in [-0.3, -0.25) is 9.59 Å². The summed E-state index contributed by atoms with van der Waals surface area (Å²) in [5, 5.41) is 44.1. The number of aromatic carboxylic acids is 1. The average molecular weight is 2320 g/mol. The van der Waals surface area contributed by atoms with Gasteiger partial charge in [0.05, 0.1) is 70.2 Å². The minimum absolute atomic E-state index is 0. The van der Waals surface area contributed by atoms with Crippen molar-refractivity contribution in [2.45, 2.75) is 98.3 Å². The minimum atomic E-state index is -1.29. The first-order chi connectivity index (χ1) is 69.1. The molecule has 9 aromatic heterocycles. The van der Waals surface area contributed by atoms with Crippen molar-refractivity contribution in [1.82, 2.24) is 89.8 Å². The van der Waals surface area contributed by atoms with Crippen molar-refractivity contribution < 1.29 is 56.1 Å². The molecule has 808 valence electrons. The quantitative estimate of drug-likeness (QED) is 0.00977. The molecule has 0 radical (unpaired) electrons. The number of nitrogens with one attached hydrogen (secondary N) is 10. The summed E-state index contributed by atoms with van der Waals surface area (Å²) in [7, 11) is 1.23. The number of anilines is 9. The monoisotopic (exact) mass is 2310 g/mol. The van der Waals surface area contributed by atoms with Crippen LogP contribution in [0.4, 0.5) is 72.6 Å². The Morgan fingerprint density at radius 1 is 0.409 bits per heavy atom. The number of thioether (sulfide) groups is 5. The molecule has 13 heterocycles. The summed E-state index contributed by atoms with van der Waals surface area (Å²) >= 11 is 13.5. The van der Waals surface area contributed by atoms with Crippen LogP contribution in [0.5, 0.6) is 0 Å². The third-order valence-electron chi connectivity index (χ3n) is 23.3. The van der Waals surface area contributed by atoms with E-state index in [0.29, 0.717) is 181 Å². The van der Waals surface area contributed by atoms with E-state index in [1.807, 2.05) is 64.4 Å². The molecule has 0 saturated carbocycles. The van der Waals surface area contributed by atoms with Crippen LogP contribution in [0.3, 0.4) is 0 Å². The molecule has 54 heteroatoms. The van der Waals surface area contributed by atoms with Crippen LogP contribution in [-0.2, 0) is 9.47 Å². The fourth-order valence-electron chi connectivity index (χ4n) is 15.0. The molecule has 4 aromatic carbocycles. The molecule has 4 fully saturated rings. The smallest absolute Gasteiger partial charge is 0.410 e. The van der Waals surface area contributed by atoms with Crippen LogP contribution in [0.1, 0.15) is 110 Å². The molecule has 2 spiro atoms. The number of carbonyl (C=O) groups excluding carboxylic acids is 4. The van der Waals surface area contributed by atoms with Crippen LogP contribution in [-0.4, -0.2) is 281 Å². The standard InChI is InChI=1S/C28H36FN7O3S2.C23H28FN7OS2.C18H20FN5O2S2.C17H18FN5O2S2.C9H16N4S.ClH.4H2S/c1-17(10-30-24-31-12-18(40-5)13-32-24)11-33-25-34-21-9-20(29)19(8-22(21)41-25)23(37)35-7-6-28(14-35)15-36(16-28)26(38)39-27(2,3)4;1-14(7-26-21-27-9-15(33-2)10-28-21)8-29-22-30-18-6-17(24)16(5-19(18)34-22)20(32)31-4-3-23(13-31)11-25-12-23;1-10(6-20-17-21-8-11(27-3)9-22-17)7-23-18-24-14-5-13(19)12(16(25)26-2)4-15(14)28-18;1-9(5-19-16-20-7-10(26-2)8-21-16)6-22-17-23-13-4-12(18)11(15(24)25)3-14(13)27-17;1-7(3-10)4-11-9-12-5-8(14-2)6-13-9;;;;;/h8-9,12-13,17H,6-7,10-11,14-16H2,1-5H3,(H,33,34)(H,30,31,32);5-6,9-10,14,25H,3-4,7-8,11-13H2,1-2H3,(H,29,30)(H,26,27,28);4-5,8-10H,6-7H2,1-3H3,(H,23,24)(H,20,21,22);3-4,7-9H,5-6H2,1-2H3,(H,22,23)(H,24,25)(H,19,20,21);5-7H,3-4,10H2,1-2H3,(H,11,12,13);1H;4*1H2/t17-;14-;10-;9-;7-;;;;;/m00001...../s1. The lowest BCUT2D eigenvalue weighted by Gasteiger charge is -2.47. The highest BCUT2D eigenvalue weighted by Gasteiger charge is 2.52. The Hall–Kier alpha value is -9.73. The molecule has 4 saturated heterocycles. The number of rotatable bonds is 37. The first-order valence-electron chi connectivity index (χ1n) is 46.2. The number of hydrogen-bond acceptors (Lipinski definition) is 41. The number of halogens is 5. The number of hydrogen-bond donors (Lipinski definition) is 12. The van der Waals surface area contributed by atoms with Crippen molar-refractivity contribution in [3.63, 3.8) is 0 Å². The van der Waals surface area contributed by atoms with E-state index < -0.39 is 40.8 Å². The van der Waals surface area contributed by atoms with Gasteiger partial charge in [0.15, 0.2) is 20.5 Å². The second-order valence-electron chi connectivity index (χ2n) is 36.4. The molecule has 0 bridgehead atoms. The van der Waals surface area contributed by atoms with Crippen LogP contribution in [0.15, 0.2) is 135 Å². The van der Waals surface area contributed by atoms with Gasteiger partial charge in [0.2, 0.25) is 29.7 Å². The number of methoxy groups -OCH3 is 1. The summed E-state index contributed by atoms with van der Waals surface area (Å²) in [5.74, 6) is -0.490. The van der Waals surface area contributed by atoms with Crippen molar-refractivity contribution in [2.75, 3.05) is 204 Å². The number of aromatic nitrogens is 14. The van der Waals surface area contributed by atoms with Crippen molar-refractivity contribution in [3.05, 3.63) is 156 Å². The summed E-state index contributed by atoms with van der Waals surface area (Å²) < 4.78 is 70.6. The Labute approximate surface area is 934 Å². The SMILES string of the molecule is COC(=O)c1cc2sc(NC[C@@H](C)CNc3ncc(SC)cn3)nc2cc1F.CSc1cnc(NC[C@H](C)CN)nc1.CSc1cnc(NC[C@H](C)CNc2nc3cc(F)c(C(=O)N4CCC5(CN(C(=O)OC(C)(C)C)C5)C4)cc3s2)nc1.CSc1cnc(NC[C@H](C)CNc2nc3cc(F)c(C(=O)N4CCC5(CNC5)C4)cc3s2)nc1.CSc1cnc(NC[C@H](C)CNc2nc3cc(F)c(C(=O)O)cc3s2)nc1.Cl.S.S.S.S. The van der Waals surface area contributed by atoms with Crippen LogP contribution in [0.25, 0.3) is 40.9 Å². The van der Waals surface area contributed by atoms with E-state index >= 15 is 4.39 Å². The second-order valence-corrected chi connectivity index (χ2v) is 44.9. The number of fused-ring (bicyclic) bond motifs is 4. The summed E-state index contributed by atoms with van der Waals surface area (Å²) in [6, 6.07) is 11.2. The Kier molecular flexibility index (Phi) is 49.2. The van der Waals surface area contributed by atoms with E-state index in [2.05, 4.69) is 162 Å². The van der Waals surface area contributed by atoms with Gasteiger partial charge in [-0.1, -0.05) is 80.0 Å². The normalized spacial score (nSPS) is 14.3. The van der Waals surface area contributed by atoms with Gasteiger partial charge in [0, 0.05) is 233 Å². The van der Waals surface area contributed by atoms with E-state index in [0.717, 1.165) is 77.1 Å². The second kappa shape index (κ2) is 58.9. The third kappa shape index (κ3) is 35.7. The van der Waals surface area contributed by atoms with E-state index in [1.165, 1.54) is 82.8 Å². The Morgan fingerprint density at radius 2 is 0.664 bits per heavy atom. The molecule has 17 rings (SSSR count). The van der Waals surface area contributed by atoms with Crippen LogP contribution in [0.2, 0.25) is 0 Å². The van der Waals surface area contributed by atoms with Crippen LogP contribution in [0, 0.1) is 63.7 Å². The average Bonchev–Trinajstić information content (AvgIpc) is 1.60. The third-order valence-corrected chi connectivity index (χ3v) is 30.6. The molecule has 3 amide bonds. The summed E-state index contributed by atoms with van der Waals surface area (Å²) in [6.45, 7) is 28.2. The molecule has 0 unspecified atom stereocenters. The maximum Gasteiger partial charge on any atom is 0.410 e.